The van der Waals surface area contributed by atoms with Gasteiger partial charge in [-0.15, -0.1) is 0 Å². The van der Waals surface area contributed by atoms with E-state index in [4.69, 9.17) is 14.6 Å². The summed E-state index contributed by atoms with van der Waals surface area (Å²) in [6.45, 7) is 6.90. The molecule has 2 atom stereocenters. The lowest BCUT2D eigenvalue weighted by molar-refractivity contribution is -0.169. The highest BCUT2D eigenvalue weighted by molar-refractivity contribution is 5.75. The average molecular weight is 383 g/mol. The number of carboxylic acids is 1. The zero-order chi connectivity index (χ0) is 19.4. The number of hydrogen-bond acceptors (Lipinski definition) is 5. The van der Waals surface area contributed by atoms with E-state index in [9.17, 15) is 9.59 Å². The SMILES string of the molecule is CCOC1CC(NC(=O)NC2CC(N(CC)CC(=O)O)C2)C12CCOCC2. The van der Waals surface area contributed by atoms with E-state index in [0.717, 1.165) is 45.3 Å². The molecular weight excluding hydrogens is 350 g/mol. The van der Waals surface area contributed by atoms with Crippen LogP contribution in [0.3, 0.4) is 0 Å². The smallest absolute Gasteiger partial charge is 0.317 e. The highest BCUT2D eigenvalue weighted by Gasteiger charge is 2.56. The van der Waals surface area contributed by atoms with Crippen molar-refractivity contribution >= 4 is 12.0 Å². The fraction of sp³-hybridized carbons (Fsp3) is 0.895. The maximum Gasteiger partial charge on any atom is 0.317 e. The minimum atomic E-state index is -0.804. The fourth-order valence-corrected chi connectivity index (χ4v) is 4.87. The maximum absolute atomic E-state index is 12.5. The Kier molecular flexibility index (Phi) is 6.60. The molecule has 3 fully saturated rings. The summed E-state index contributed by atoms with van der Waals surface area (Å²) >= 11 is 0. The van der Waals surface area contributed by atoms with Gasteiger partial charge in [0.1, 0.15) is 0 Å². The molecule has 3 rings (SSSR count). The van der Waals surface area contributed by atoms with Crippen LogP contribution in [-0.4, -0.2) is 79.1 Å². The second-order valence-corrected chi connectivity index (χ2v) is 7.97. The van der Waals surface area contributed by atoms with Crippen molar-refractivity contribution in [3.63, 3.8) is 0 Å². The molecule has 2 aliphatic carbocycles. The Balaban J connectivity index is 1.44. The van der Waals surface area contributed by atoms with Crippen LogP contribution in [0.5, 0.6) is 0 Å². The Labute approximate surface area is 160 Å². The molecule has 3 N–H and O–H groups in total. The van der Waals surface area contributed by atoms with Gasteiger partial charge in [-0.25, -0.2) is 4.79 Å². The van der Waals surface area contributed by atoms with Gasteiger partial charge >= 0.3 is 12.0 Å². The van der Waals surface area contributed by atoms with Crippen molar-refractivity contribution in [3.05, 3.63) is 0 Å². The number of carboxylic acid groups (broad SMARTS) is 1. The number of rotatable bonds is 8. The van der Waals surface area contributed by atoms with E-state index in [0.29, 0.717) is 13.2 Å². The summed E-state index contributed by atoms with van der Waals surface area (Å²) in [7, 11) is 0. The van der Waals surface area contributed by atoms with Gasteiger partial charge in [-0.1, -0.05) is 6.92 Å². The quantitative estimate of drug-likeness (QED) is 0.582. The molecule has 1 aliphatic heterocycles. The van der Waals surface area contributed by atoms with Crippen molar-refractivity contribution in [3.8, 4) is 0 Å². The van der Waals surface area contributed by atoms with Crippen LogP contribution in [0.4, 0.5) is 4.79 Å². The summed E-state index contributed by atoms with van der Waals surface area (Å²) < 4.78 is 11.4. The molecule has 1 spiro atoms. The van der Waals surface area contributed by atoms with Crippen molar-refractivity contribution < 1.29 is 24.2 Å². The van der Waals surface area contributed by atoms with Gasteiger partial charge in [0.05, 0.1) is 12.6 Å². The molecule has 3 aliphatic rings. The zero-order valence-electron chi connectivity index (χ0n) is 16.4. The van der Waals surface area contributed by atoms with Crippen molar-refractivity contribution in [1.29, 1.82) is 0 Å². The first kappa shape index (κ1) is 20.4. The van der Waals surface area contributed by atoms with Gasteiger partial charge < -0.3 is 25.2 Å². The molecule has 1 saturated heterocycles. The fourth-order valence-electron chi connectivity index (χ4n) is 4.87. The summed E-state index contributed by atoms with van der Waals surface area (Å²) in [5.41, 5.74) is 0.00818. The summed E-state index contributed by atoms with van der Waals surface area (Å²) in [6.07, 6.45) is 4.53. The van der Waals surface area contributed by atoms with Crippen LogP contribution in [0.25, 0.3) is 0 Å². The molecule has 0 aromatic heterocycles. The number of ether oxygens (including phenoxy) is 2. The van der Waals surface area contributed by atoms with Crippen LogP contribution < -0.4 is 10.6 Å². The van der Waals surface area contributed by atoms with E-state index in [2.05, 4.69) is 10.6 Å². The lowest BCUT2D eigenvalue weighted by atomic mass is 9.57. The topological polar surface area (TPSA) is 100 Å². The van der Waals surface area contributed by atoms with Crippen LogP contribution >= 0.6 is 0 Å². The molecule has 2 unspecified atom stereocenters. The normalized spacial score (nSPS) is 31.8. The third-order valence-electron chi connectivity index (χ3n) is 6.59. The molecule has 1 heterocycles. The number of urea groups is 1. The predicted octanol–water partition coefficient (Wildman–Crippen LogP) is 1.20. The maximum atomic E-state index is 12.5. The van der Waals surface area contributed by atoms with Crippen LogP contribution in [0, 0.1) is 5.41 Å². The molecule has 27 heavy (non-hydrogen) atoms. The molecule has 2 saturated carbocycles. The third-order valence-corrected chi connectivity index (χ3v) is 6.59. The Bertz CT molecular complexity index is 531. The number of amides is 2. The minimum Gasteiger partial charge on any atom is -0.480 e. The number of aliphatic carboxylic acids is 1. The molecule has 8 heteroatoms. The van der Waals surface area contributed by atoms with Crippen LogP contribution in [-0.2, 0) is 14.3 Å². The van der Waals surface area contributed by atoms with Crippen molar-refractivity contribution in [2.45, 2.75) is 70.2 Å². The van der Waals surface area contributed by atoms with Gasteiger partial charge in [0.25, 0.3) is 0 Å². The first-order chi connectivity index (χ1) is 13.0. The Morgan fingerprint density at radius 3 is 2.48 bits per heavy atom. The molecule has 8 nitrogen and oxygen atoms in total. The zero-order valence-corrected chi connectivity index (χ0v) is 16.4. The molecule has 0 bridgehead atoms. The molecule has 2 amide bonds. The summed E-state index contributed by atoms with van der Waals surface area (Å²) in [4.78, 5) is 25.3. The van der Waals surface area contributed by atoms with Crippen LogP contribution in [0.2, 0.25) is 0 Å². The van der Waals surface area contributed by atoms with E-state index >= 15 is 0 Å². The Hall–Kier alpha value is -1.38. The molecule has 0 radical (unpaired) electrons. The van der Waals surface area contributed by atoms with Gasteiger partial charge in [0, 0.05) is 43.4 Å². The minimum absolute atomic E-state index is 0.00818. The number of carbonyl (C=O) groups is 2. The average Bonchev–Trinajstić information content (AvgIpc) is 2.62. The lowest BCUT2D eigenvalue weighted by Crippen LogP contribution is -2.68. The Morgan fingerprint density at radius 2 is 1.89 bits per heavy atom. The number of nitrogens with one attached hydrogen (secondary N) is 2. The second kappa shape index (κ2) is 8.75. The standard InChI is InChI=1S/C19H33N3O5/c1-3-22(12-17(23)24)14-9-13(10-14)20-18(25)21-15-11-16(27-4-2)19(15)5-7-26-8-6-19/h13-16H,3-12H2,1-2H3,(H,23,24)(H2,20,21,25). The van der Waals surface area contributed by atoms with Gasteiger partial charge in [-0.3, -0.25) is 9.69 Å². The third kappa shape index (κ3) is 4.38. The van der Waals surface area contributed by atoms with E-state index in [1.54, 1.807) is 0 Å². The van der Waals surface area contributed by atoms with Crippen molar-refractivity contribution in [2.75, 3.05) is 32.9 Å². The molecular formula is C19H33N3O5. The van der Waals surface area contributed by atoms with Crippen LogP contribution in [0.15, 0.2) is 0 Å². The van der Waals surface area contributed by atoms with Crippen LogP contribution in [0.1, 0.15) is 46.0 Å². The highest BCUT2D eigenvalue weighted by Crippen LogP contribution is 2.50. The predicted molar refractivity (Wildman–Crippen MR) is 99.7 cm³/mol. The second-order valence-electron chi connectivity index (χ2n) is 7.97. The van der Waals surface area contributed by atoms with E-state index in [1.165, 1.54) is 0 Å². The van der Waals surface area contributed by atoms with Crippen molar-refractivity contribution in [2.24, 2.45) is 5.41 Å². The van der Waals surface area contributed by atoms with E-state index in [-0.39, 0.29) is 42.2 Å². The molecule has 154 valence electrons. The van der Waals surface area contributed by atoms with Crippen molar-refractivity contribution in [1.82, 2.24) is 15.5 Å². The first-order valence-corrected chi connectivity index (χ1v) is 10.2. The van der Waals surface area contributed by atoms with Gasteiger partial charge in [-0.2, -0.15) is 0 Å². The molecule has 0 aromatic carbocycles. The Morgan fingerprint density at radius 1 is 1.19 bits per heavy atom. The molecule has 0 aromatic rings. The number of likely N-dealkylation sites (N-methyl/N-ethyl adjacent to an activating group) is 1. The van der Waals surface area contributed by atoms with Gasteiger partial charge in [-0.05, 0) is 45.6 Å². The first-order valence-electron chi connectivity index (χ1n) is 10.2. The van der Waals surface area contributed by atoms with E-state index < -0.39 is 5.97 Å². The lowest BCUT2D eigenvalue weighted by Gasteiger charge is -2.57. The summed E-state index contributed by atoms with van der Waals surface area (Å²) in [6, 6.07) is 0.369. The largest absolute Gasteiger partial charge is 0.480 e. The number of nitrogens with zero attached hydrogens (tertiary/aromatic N) is 1. The van der Waals surface area contributed by atoms with Gasteiger partial charge in [0.2, 0.25) is 0 Å². The highest BCUT2D eigenvalue weighted by atomic mass is 16.5. The number of hydrogen-bond donors (Lipinski definition) is 3. The summed E-state index contributed by atoms with van der Waals surface area (Å²) in [5.74, 6) is -0.804. The summed E-state index contributed by atoms with van der Waals surface area (Å²) in [5, 5.41) is 15.2. The van der Waals surface area contributed by atoms with Gasteiger partial charge in [0.15, 0.2) is 0 Å². The number of carbonyl (C=O) groups excluding carboxylic acids is 1. The van der Waals surface area contributed by atoms with E-state index in [1.807, 2.05) is 18.7 Å². The monoisotopic (exact) mass is 383 g/mol.